The van der Waals surface area contributed by atoms with E-state index in [2.05, 4.69) is 10.5 Å². The number of nitrogens with one attached hydrogen (secondary N) is 1. The standard InChI is InChI=1S/C34H47N3O11S/c1-20-8-6-9-23(35-28(41)19-49-34-32(44)31(43)21(2)27(17-38)48-34)10-7-11-24(36-46-18-29(42)37-12-4-3-5-13-37)14-22-15-25(39)16-26(40)30(22)33(45)47-20/h6-7,9,11,15-16,20-21,23,27,31-32,34,38-40,43-44H,3-5,8,10,12-14,17-19H2,1-2H3,(H,35,41)/b9-6+,11-7+,36-24+/t20-,21-,23+,27?,31?,32+,34+/m1/s1. The van der Waals surface area contributed by atoms with Gasteiger partial charge in [-0.1, -0.05) is 30.3 Å². The van der Waals surface area contributed by atoms with Crippen molar-refractivity contribution in [2.75, 3.05) is 32.1 Å². The van der Waals surface area contributed by atoms with E-state index in [0.717, 1.165) is 37.1 Å². The van der Waals surface area contributed by atoms with Crippen LogP contribution in [0.25, 0.3) is 0 Å². The number of carbonyl (C=O) groups excluding carboxylic acids is 3. The molecule has 7 atom stereocenters. The van der Waals surface area contributed by atoms with Crippen molar-refractivity contribution in [2.45, 2.75) is 88.3 Å². The lowest BCUT2D eigenvalue weighted by molar-refractivity contribution is -0.176. The molecule has 2 saturated heterocycles. The Labute approximate surface area is 289 Å². The number of hydrogen-bond donors (Lipinski definition) is 6. The minimum absolute atomic E-state index is 0.0678. The molecule has 0 aromatic heterocycles. The first-order valence-electron chi connectivity index (χ1n) is 16.6. The minimum atomic E-state index is -1.24. The summed E-state index contributed by atoms with van der Waals surface area (Å²) in [6.45, 7) is 4.04. The van der Waals surface area contributed by atoms with Gasteiger partial charge in [0.25, 0.3) is 5.91 Å². The number of cyclic esters (lactones) is 1. The number of fused-ring (bicyclic) bond motifs is 1. The van der Waals surface area contributed by atoms with E-state index < -0.39 is 53.5 Å². The predicted molar refractivity (Wildman–Crippen MR) is 181 cm³/mol. The van der Waals surface area contributed by atoms with E-state index in [1.807, 2.05) is 0 Å². The third-order valence-corrected chi connectivity index (χ3v) is 9.80. The van der Waals surface area contributed by atoms with E-state index >= 15 is 0 Å². The van der Waals surface area contributed by atoms with Crippen LogP contribution in [0.5, 0.6) is 11.5 Å². The first-order valence-corrected chi connectivity index (χ1v) is 17.6. The molecule has 0 aliphatic carbocycles. The molecule has 3 aliphatic heterocycles. The number of amides is 2. The Balaban J connectivity index is 1.50. The summed E-state index contributed by atoms with van der Waals surface area (Å²) in [7, 11) is 0. The summed E-state index contributed by atoms with van der Waals surface area (Å²) < 4.78 is 11.3. The van der Waals surface area contributed by atoms with Crippen molar-refractivity contribution in [3.63, 3.8) is 0 Å². The van der Waals surface area contributed by atoms with Gasteiger partial charge in [-0.3, -0.25) is 9.59 Å². The third-order valence-electron chi connectivity index (χ3n) is 8.65. The largest absolute Gasteiger partial charge is 0.508 e. The number of benzene rings is 1. The lowest BCUT2D eigenvalue weighted by atomic mass is 9.92. The molecule has 49 heavy (non-hydrogen) atoms. The molecular formula is C34H47N3O11S. The molecule has 14 nitrogen and oxygen atoms in total. The summed E-state index contributed by atoms with van der Waals surface area (Å²) in [4.78, 5) is 46.0. The Hall–Kier alpha value is -3.63. The number of phenols is 2. The van der Waals surface area contributed by atoms with Crippen molar-refractivity contribution in [2.24, 2.45) is 11.1 Å². The smallest absolute Gasteiger partial charge is 0.342 e. The lowest BCUT2D eigenvalue weighted by Gasteiger charge is -2.40. The van der Waals surface area contributed by atoms with Gasteiger partial charge in [-0.25, -0.2) is 4.79 Å². The third kappa shape index (κ3) is 10.9. The number of rotatable bonds is 8. The highest BCUT2D eigenvalue weighted by molar-refractivity contribution is 8.00. The number of piperidine rings is 1. The molecule has 0 bridgehead atoms. The Morgan fingerprint density at radius 1 is 1.08 bits per heavy atom. The van der Waals surface area contributed by atoms with E-state index in [1.165, 1.54) is 6.07 Å². The first kappa shape index (κ1) is 38.2. The molecule has 2 unspecified atom stereocenters. The van der Waals surface area contributed by atoms with Gasteiger partial charge < -0.3 is 50.1 Å². The molecule has 1 aromatic carbocycles. The molecule has 6 N–H and O–H groups in total. The molecule has 2 fully saturated rings. The highest BCUT2D eigenvalue weighted by atomic mass is 32.2. The average molecular weight is 706 g/mol. The van der Waals surface area contributed by atoms with Crippen LogP contribution in [-0.2, 0) is 30.3 Å². The lowest BCUT2D eigenvalue weighted by Crippen LogP contribution is -2.53. The number of oxime groups is 1. The van der Waals surface area contributed by atoms with Crippen molar-refractivity contribution in [3.05, 3.63) is 47.6 Å². The number of esters is 1. The number of aliphatic hydroxyl groups is 3. The van der Waals surface area contributed by atoms with E-state index in [-0.39, 0.29) is 59.8 Å². The molecule has 3 heterocycles. The minimum Gasteiger partial charge on any atom is -0.508 e. The van der Waals surface area contributed by atoms with Crippen molar-refractivity contribution in [1.29, 1.82) is 0 Å². The van der Waals surface area contributed by atoms with Gasteiger partial charge in [0, 0.05) is 37.9 Å². The molecule has 2 amide bonds. The van der Waals surface area contributed by atoms with Crippen molar-refractivity contribution >= 4 is 35.3 Å². The number of phenolic OH excluding ortho intramolecular Hbond substituents is 2. The number of thioether (sulfide) groups is 1. The fraction of sp³-hybridized carbons (Fsp3) is 0.588. The Morgan fingerprint density at radius 2 is 1.84 bits per heavy atom. The summed E-state index contributed by atoms with van der Waals surface area (Å²) in [5.41, 5.74) is -0.534. The molecule has 15 heteroatoms. The topological polar surface area (TPSA) is 208 Å². The quantitative estimate of drug-likeness (QED) is 0.130. The molecule has 0 saturated carbocycles. The highest BCUT2D eigenvalue weighted by Gasteiger charge is 2.42. The molecule has 270 valence electrons. The Morgan fingerprint density at radius 3 is 2.57 bits per heavy atom. The monoisotopic (exact) mass is 705 g/mol. The fourth-order valence-electron chi connectivity index (χ4n) is 5.85. The summed E-state index contributed by atoms with van der Waals surface area (Å²) in [5.74, 6) is -2.67. The van der Waals surface area contributed by atoms with Gasteiger partial charge >= 0.3 is 5.97 Å². The van der Waals surface area contributed by atoms with Gasteiger partial charge in [-0.2, -0.15) is 0 Å². The normalized spacial score (nSPS) is 30.4. The second kappa shape index (κ2) is 18.4. The van der Waals surface area contributed by atoms with Gasteiger partial charge in [0.15, 0.2) is 6.61 Å². The maximum Gasteiger partial charge on any atom is 0.342 e. The second-order valence-corrected chi connectivity index (χ2v) is 13.6. The fourth-order valence-corrected chi connectivity index (χ4v) is 6.83. The second-order valence-electron chi connectivity index (χ2n) is 12.5. The highest BCUT2D eigenvalue weighted by Crippen LogP contribution is 2.32. The number of nitrogens with zero attached hydrogens (tertiary/aromatic N) is 2. The van der Waals surface area contributed by atoms with Crippen LogP contribution in [0, 0.1) is 5.92 Å². The van der Waals surface area contributed by atoms with Crippen LogP contribution in [0.3, 0.4) is 0 Å². The van der Waals surface area contributed by atoms with Crippen LogP contribution in [0.1, 0.15) is 61.9 Å². The van der Waals surface area contributed by atoms with Gasteiger partial charge in [0.1, 0.15) is 34.7 Å². The van der Waals surface area contributed by atoms with Crippen molar-refractivity contribution < 1.29 is 54.2 Å². The van der Waals surface area contributed by atoms with Gasteiger partial charge in [-0.05, 0) is 50.3 Å². The number of allylic oxidation sites excluding steroid dienone is 1. The summed E-state index contributed by atoms with van der Waals surface area (Å²) in [6.07, 6.45) is 6.70. The number of likely N-dealkylation sites (tertiary alicyclic amines) is 1. The van der Waals surface area contributed by atoms with Gasteiger partial charge in [0.2, 0.25) is 5.91 Å². The summed E-state index contributed by atoms with van der Waals surface area (Å²) in [5, 5.41) is 58.3. The molecule has 0 spiro atoms. The maximum absolute atomic E-state index is 13.2. The van der Waals surface area contributed by atoms with Gasteiger partial charge in [0.05, 0.1) is 36.3 Å². The van der Waals surface area contributed by atoms with E-state index in [0.29, 0.717) is 25.9 Å². The van der Waals surface area contributed by atoms with E-state index in [4.69, 9.17) is 14.3 Å². The number of aromatic hydroxyl groups is 2. The van der Waals surface area contributed by atoms with Gasteiger partial charge in [-0.15, -0.1) is 11.8 Å². The number of aliphatic hydroxyl groups excluding tert-OH is 3. The van der Waals surface area contributed by atoms with Crippen LogP contribution >= 0.6 is 11.8 Å². The van der Waals surface area contributed by atoms with Crippen molar-refractivity contribution in [1.82, 2.24) is 10.2 Å². The predicted octanol–water partition coefficient (Wildman–Crippen LogP) is 1.77. The molecule has 3 aliphatic rings. The Bertz CT molecular complexity index is 1400. The first-order chi connectivity index (χ1) is 23.5. The maximum atomic E-state index is 13.2. The average Bonchev–Trinajstić information content (AvgIpc) is 3.06. The zero-order chi connectivity index (χ0) is 35.5. The van der Waals surface area contributed by atoms with Crippen LogP contribution in [0.15, 0.2) is 41.6 Å². The van der Waals surface area contributed by atoms with Crippen LogP contribution in [0.4, 0.5) is 0 Å². The molecule has 0 radical (unpaired) electrons. The Kier molecular flexibility index (Phi) is 14.3. The zero-order valence-electron chi connectivity index (χ0n) is 27.8. The number of hydrogen-bond acceptors (Lipinski definition) is 13. The van der Waals surface area contributed by atoms with E-state index in [9.17, 15) is 39.9 Å². The van der Waals surface area contributed by atoms with E-state index in [1.54, 1.807) is 43.1 Å². The van der Waals surface area contributed by atoms with Crippen LogP contribution in [0.2, 0.25) is 0 Å². The van der Waals surface area contributed by atoms with Crippen LogP contribution < -0.4 is 5.32 Å². The number of ether oxygens (including phenoxy) is 2. The van der Waals surface area contributed by atoms with Crippen molar-refractivity contribution in [3.8, 4) is 11.5 Å². The van der Waals surface area contributed by atoms with Crippen LogP contribution in [-0.4, -0.2) is 122 Å². The summed E-state index contributed by atoms with van der Waals surface area (Å²) in [6, 6.07) is 1.87. The zero-order valence-corrected chi connectivity index (χ0v) is 28.6. The molecule has 1 aromatic rings. The SMILES string of the molecule is C[C@@H]1C(CO)O[C@@H](SCC(=O)N[C@H]2/C=C/C[C@@H](C)OC(=O)c3c(O)cc(O)cc3CC(=N/OCC(=O)N3CCCCC3)/C=C/C2)[C@@H](O)C1O. The summed E-state index contributed by atoms with van der Waals surface area (Å²) >= 11 is 1.01. The molecular weight excluding hydrogens is 658 g/mol. The number of carbonyl (C=O) groups is 3. The molecule has 4 rings (SSSR count).